The van der Waals surface area contributed by atoms with Crippen LogP contribution in [0.2, 0.25) is 5.02 Å². The van der Waals surface area contributed by atoms with Gasteiger partial charge >= 0.3 is 0 Å². The van der Waals surface area contributed by atoms with E-state index in [1.165, 1.54) is 4.90 Å². The van der Waals surface area contributed by atoms with Gasteiger partial charge in [-0.2, -0.15) is 0 Å². The molecule has 0 spiro atoms. The molecule has 0 radical (unpaired) electrons. The molecule has 3 aromatic carbocycles. The molecule has 8 heteroatoms. The molecule has 162 valence electrons. The molecule has 0 atom stereocenters. The van der Waals surface area contributed by atoms with Crippen LogP contribution in [0.4, 0.5) is 4.79 Å². The standard InChI is InChI=1S/C24H16Br2ClNO3S/c25-18-6-3-4-15(10-18)13-28-23(29)22(32-24(28)30)12-17-11-19(26)8-9-21(17)31-14-16-5-1-2-7-20(16)27/h1-12H,13-14H2/b22-12+. The van der Waals surface area contributed by atoms with Crippen LogP contribution < -0.4 is 4.74 Å². The molecule has 1 aliphatic rings. The van der Waals surface area contributed by atoms with Crippen molar-refractivity contribution in [1.29, 1.82) is 0 Å². The molecule has 2 amide bonds. The molecule has 4 nitrogen and oxygen atoms in total. The molecule has 32 heavy (non-hydrogen) atoms. The molecule has 4 rings (SSSR count). The lowest BCUT2D eigenvalue weighted by Crippen LogP contribution is -2.27. The van der Waals surface area contributed by atoms with E-state index in [-0.39, 0.29) is 24.3 Å². The van der Waals surface area contributed by atoms with Gasteiger partial charge in [0.15, 0.2) is 0 Å². The largest absolute Gasteiger partial charge is 0.488 e. The number of ether oxygens (including phenoxy) is 1. The Balaban J connectivity index is 1.56. The van der Waals surface area contributed by atoms with E-state index >= 15 is 0 Å². The van der Waals surface area contributed by atoms with Crippen molar-refractivity contribution in [3.63, 3.8) is 0 Å². The Labute approximate surface area is 211 Å². The SMILES string of the molecule is O=C1S/C(=C/c2cc(Br)ccc2OCc2ccccc2Cl)C(=O)N1Cc1cccc(Br)c1. The van der Waals surface area contributed by atoms with Crippen molar-refractivity contribution < 1.29 is 14.3 Å². The molecule has 0 unspecified atom stereocenters. The highest BCUT2D eigenvalue weighted by atomic mass is 79.9. The average molecular weight is 594 g/mol. The number of amides is 2. The van der Waals surface area contributed by atoms with Gasteiger partial charge in [0.2, 0.25) is 0 Å². The van der Waals surface area contributed by atoms with Crippen molar-refractivity contribution in [2.45, 2.75) is 13.2 Å². The number of rotatable bonds is 6. The van der Waals surface area contributed by atoms with E-state index in [4.69, 9.17) is 16.3 Å². The minimum absolute atomic E-state index is 0.218. The first-order chi connectivity index (χ1) is 15.4. The fraction of sp³-hybridized carbons (Fsp3) is 0.0833. The summed E-state index contributed by atoms with van der Waals surface area (Å²) in [6.45, 7) is 0.502. The van der Waals surface area contributed by atoms with E-state index in [2.05, 4.69) is 31.9 Å². The molecule has 1 heterocycles. The summed E-state index contributed by atoms with van der Waals surface area (Å²) in [5.74, 6) is 0.268. The van der Waals surface area contributed by atoms with Crippen LogP contribution >= 0.6 is 55.2 Å². The zero-order chi connectivity index (χ0) is 22.7. The third-order valence-corrected chi connectivity index (χ3v) is 6.97. The number of hydrogen-bond acceptors (Lipinski definition) is 4. The Hall–Kier alpha value is -2.06. The van der Waals surface area contributed by atoms with Crippen molar-refractivity contribution in [2.24, 2.45) is 0 Å². The van der Waals surface area contributed by atoms with Gasteiger partial charge in [-0.1, -0.05) is 73.8 Å². The maximum absolute atomic E-state index is 13.0. The summed E-state index contributed by atoms with van der Waals surface area (Å²) in [5, 5.41) is 0.328. The lowest BCUT2D eigenvalue weighted by molar-refractivity contribution is -0.123. The number of carbonyl (C=O) groups is 2. The van der Waals surface area contributed by atoms with Crippen LogP contribution in [-0.2, 0) is 17.9 Å². The third-order valence-electron chi connectivity index (χ3n) is 4.70. The molecular weight excluding hydrogens is 578 g/mol. The Kier molecular flexibility index (Phi) is 7.40. The molecule has 1 saturated heterocycles. The Morgan fingerprint density at radius 1 is 0.969 bits per heavy atom. The second-order valence-corrected chi connectivity index (χ2v) is 10.2. The molecule has 3 aromatic rings. The topological polar surface area (TPSA) is 46.6 Å². The second kappa shape index (κ2) is 10.3. The zero-order valence-corrected chi connectivity index (χ0v) is 21.3. The van der Waals surface area contributed by atoms with E-state index in [0.717, 1.165) is 31.8 Å². The third kappa shape index (κ3) is 5.46. The Morgan fingerprint density at radius 3 is 2.53 bits per heavy atom. The average Bonchev–Trinajstić information content (AvgIpc) is 3.02. The lowest BCUT2D eigenvalue weighted by atomic mass is 10.1. The number of benzene rings is 3. The monoisotopic (exact) mass is 591 g/mol. The first-order valence-electron chi connectivity index (χ1n) is 9.56. The maximum Gasteiger partial charge on any atom is 0.293 e. The van der Waals surface area contributed by atoms with Crippen LogP contribution in [0.15, 0.2) is 80.6 Å². The molecule has 0 N–H and O–H groups in total. The summed E-state index contributed by atoms with van der Waals surface area (Å²) in [6, 6.07) is 20.5. The van der Waals surface area contributed by atoms with Crippen LogP contribution in [0.5, 0.6) is 5.75 Å². The number of halogens is 3. The van der Waals surface area contributed by atoms with E-state index < -0.39 is 0 Å². The Bertz CT molecular complexity index is 1230. The highest BCUT2D eigenvalue weighted by molar-refractivity contribution is 9.10. The van der Waals surface area contributed by atoms with Crippen LogP contribution in [0.1, 0.15) is 16.7 Å². The quantitative estimate of drug-likeness (QED) is 0.275. The summed E-state index contributed by atoms with van der Waals surface area (Å²) < 4.78 is 7.72. The number of imide groups is 1. The first kappa shape index (κ1) is 23.1. The van der Waals surface area contributed by atoms with Crippen LogP contribution in [-0.4, -0.2) is 16.0 Å². The fourth-order valence-corrected chi connectivity index (χ4v) is 4.97. The van der Waals surface area contributed by atoms with Gasteiger partial charge < -0.3 is 4.74 Å². The molecule has 0 bridgehead atoms. The highest BCUT2D eigenvalue weighted by Gasteiger charge is 2.35. The zero-order valence-electron chi connectivity index (χ0n) is 16.6. The molecule has 0 aliphatic carbocycles. The van der Waals surface area contributed by atoms with Crippen molar-refractivity contribution in [3.8, 4) is 5.75 Å². The molecule has 1 aliphatic heterocycles. The maximum atomic E-state index is 13.0. The molecule has 0 aromatic heterocycles. The van der Waals surface area contributed by atoms with Gasteiger partial charge in [0.05, 0.1) is 11.4 Å². The van der Waals surface area contributed by atoms with E-state index in [9.17, 15) is 9.59 Å². The van der Waals surface area contributed by atoms with Crippen LogP contribution in [0.3, 0.4) is 0 Å². The number of thioether (sulfide) groups is 1. The van der Waals surface area contributed by atoms with Gasteiger partial charge in [-0.05, 0) is 59.8 Å². The van der Waals surface area contributed by atoms with Gasteiger partial charge in [-0.25, -0.2) is 0 Å². The smallest absolute Gasteiger partial charge is 0.293 e. The molecular formula is C24H16Br2ClNO3S. The highest BCUT2D eigenvalue weighted by Crippen LogP contribution is 2.36. The van der Waals surface area contributed by atoms with Crippen molar-refractivity contribution in [2.75, 3.05) is 0 Å². The predicted molar refractivity (Wildman–Crippen MR) is 136 cm³/mol. The second-order valence-electron chi connectivity index (χ2n) is 6.96. The van der Waals surface area contributed by atoms with Crippen molar-refractivity contribution >= 4 is 72.4 Å². The van der Waals surface area contributed by atoms with Gasteiger partial charge in [-0.15, -0.1) is 0 Å². The molecule has 1 fully saturated rings. The Morgan fingerprint density at radius 2 is 1.75 bits per heavy atom. The summed E-state index contributed by atoms with van der Waals surface area (Å²) in [6.07, 6.45) is 1.69. The lowest BCUT2D eigenvalue weighted by Gasteiger charge is -2.13. The first-order valence-corrected chi connectivity index (χ1v) is 12.3. The normalized spacial score (nSPS) is 15.0. The van der Waals surface area contributed by atoms with Gasteiger partial charge in [-0.3, -0.25) is 14.5 Å². The summed E-state index contributed by atoms with van der Waals surface area (Å²) in [4.78, 5) is 27.1. The number of hydrogen-bond donors (Lipinski definition) is 0. The van der Waals surface area contributed by atoms with E-state index in [1.807, 2.05) is 66.7 Å². The predicted octanol–water partition coefficient (Wildman–Crippen LogP) is 7.68. The van der Waals surface area contributed by atoms with Crippen LogP contribution in [0, 0.1) is 0 Å². The fourth-order valence-electron chi connectivity index (χ4n) is 3.13. The number of nitrogens with zero attached hydrogens (tertiary/aromatic N) is 1. The van der Waals surface area contributed by atoms with Crippen molar-refractivity contribution in [1.82, 2.24) is 4.90 Å². The number of carbonyl (C=O) groups excluding carboxylic acids is 2. The molecule has 0 saturated carbocycles. The van der Waals surface area contributed by atoms with Crippen molar-refractivity contribution in [3.05, 3.63) is 102 Å². The summed E-state index contributed by atoms with van der Waals surface area (Å²) in [5.41, 5.74) is 2.42. The van der Waals surface area contributed by atoms with E-state index in [1.54, 1.807) is 6.08 Å². The minimum atomic E-state index is -0.322. The van der Waals surface area contributed by atoms with Gasteiger partial charge in [0, 0.05) is 25.1 Å². The minimum Gasteiger partial charge on any atom is -0.488 e. The van der Waals surface area contributed by atoms with Crippen LogP contribution in [0.25, 0.3) is 6.08 Å². The van der Waals surface area contributed by atoms with Gasteiger partial charge in [0.1, 0.15) is 12.4 Å². The van der Waals surface area contributed by atoms with E-state index in [0.29, 0.717) is 21.2 Å². The summed E-state index contributed by atoms with van der Waals surface area (Å²) >= 11 is 14.0. The summed E-state index contributed by atoms with van der Waals surface area (Å²) in [7, 11) is 0. The van der Waals surface area contributed by atoms with Gasteiger partial charge in [0.25, 0.3) is 11.1 Å².